The van der Waals surface area contributed by atoms with E-state index in [4.69, 9.17) is 0 Å². The molecule has 2 unspecified atom stereocenters. The molecule has 0 radical (unpaired) electrons. The highest BCUT2D eigenvalue weighted by Crippen LogP contribution is 2.29. The molecule has 0 aromatic heterocycles. The smallest absolute Gasteiger partial charge is 0.331 e. The van der Waals surface area contributed by atoms with E-state index in [1.165, 1.54) is 6.92 Å². The molecule has 2 atom stereocenters. The number of hydrogen-bond donors (Lipinski definition) is 2. The van der Waals surface area contributed by atoms with Crippen molar-refractivity contribution in [2.24, 2.45) is 0 Å². The van der Waals surface area contributed by atoms with Crippen molar-refractivity contribution in [3.05, 3.63) is 12.2 Å². The van der Waals surface area contributed by atoms with Gasteiger partial charge in [0.25, 0.3) is 17.7 Å². The number of amides is 4. The average Bonchev–Trinajstić information content (AvgIpc) is 2.93. The fraction of sp³-hybridized carbons (Fsp3) is 0.417. The molecule has 0 aliphatic carbocycles. The topological polar surface area (TPSA) is 164 Å². The van der Waals surface area contributed by atoms with Gasteiger partial charge >= 0.3 is 21.0 Å². The number of carbonyl (C=O) groups is 5. The molecule has 0 aromatic carbocycles. The van der Waals surface area contributed by atoms with Crippen LogP contribution in [0.2, 0.25) is 0 Å². The Labute approximate surface area is 135 Å². The molecule has 2 aliphatic rings. The number of nitrogens with one attached hydrogen (secondary N) is 1. The molecular formula is C12H12N2O9S. The van der Waals surface area contributed by atoms with E-state index in [1.807, 2.05) is 0 Å². The zero-order chi connectivity index (χ0) is 18.3. The SMILES string of the molecule is CCC(C(=O)OC1(S(=O)(=O)O)CC(=O)NC1=O)N1C(=O)C=CC1=O. The lowest BCUT2D eigenvalue weighted by atomic mass is 10.2. The second-order valence-electron chi connectivity index (χ2n) is 5.01. The summed E-state index contributed by atoms with van der Waals surface area (Å²) in [6.45, 7) is 1.41. The van der Waals surface area contributed by atoms with E-state index in [2.05, 4.69) is 4.74 Å². The van der Waals surface area contributed by atoms with Crippen LogP contribution < -0.4 is 5.32 Å². The number of ether oxygens (including phenoxy) is 1. The molecule has 1 saturated heterocycles. The van der Waals surface area contributed by atoms with Crippen molar-refractivity contribution in [2.75, 3.05) is 0 Å². The first-order chi connectivity index (χ1) is 11.0. The van der Waals surface area contributed by atoms with Crippen LogP contribution in [-0.2, 0) is 38.8 Å². The first-order valence-corrected chi connectivity index (χ1v) is 8.07. The third kappa shape index (κ3) is 2.69. The Hall–Kier alpha value is -2.60. The number of esters is 1. The van der Waals surface area contributed by atoms with E-state index in [0.717, 1.165) is 12.2 Å². The number of hydrogen-bond acceptors (Lipinski definition) is 8. The predicted octanol–water partition coefficient (Wildman–Crippen LogP) is -2.14. The molecular weight excluding hydrogens is 348 g/mol. The maximum Gasteiger partial charge on any atom is 0.331 e. The quantitative estimate of drug-likeness (QED) is 0.316. The van der Waals surface area contributed by atoms with Gasteiger partial charge in [-0.15, -0.1) is 0 Å². The van der Waals surface area contributed by atoms with Gasteiger partial charge in [-0.05, 0) is 6.42 Å². The molecule has 1 fully saturated rings. The normalized spacial score (nSPS) is 25.2. The zero-order valence-corrected chi connectivity index (χ0v) is 13.0. The van der Waals surface area contributed by atoms with Gasteiger partial charge in [-0.3, -0.25) is 33.9 Å². The van der Waals surface area contributed by atoms with Crippen molar-refractivity contribution < 1.29 is 41.7 Å². The second-order valence-corrected chi connectivity index (χ2v) is 6.62. The van der Waals surface area contributed by atoms with Crippen LogP contribution in [0.25, 0.3) is 0 Å². The Kier molecular flexibility index (Phi) is 4.29. The van der Waals surface area contributed by atoms with Gasteiger partial charge in [0.15, 0.2) is 0 Å². The van der Waals surface area contributed by atoms with Crippen molar-refractivity contribution in [3.8, 4) is 0 Å². The summed E-state index contributed by atoms with van der Waals surface area (Å²) in [5.41, 5.74) is 0. The van der Waals surface area contributed by atoms with E-state index < -0.39 is 57.1 Å². The Bertz CT molecular complexity index is 766. The van der Waals surface area contributed by atoms with Crippen LogP contribution in [0.5, 0.6) is 0 Å². The van der Waals surface area contributed by atoms with Crippen LogP contribution in [0.15, 0.2) is 12.2 Å². The van der Waals surface area contributed by atoms with Crippen LogP contribution in [0, 0.1) is 0 Å². The molecule has 0 saturated carbocycles. The van der Waals surface area contributed by atoms with Gasteiger partial charge in [0.2, 0.25) is 5.91 Å². The minimum absolute atomic E-state index is 0.144. The van der Waals surface area contributed by atoms with Crippen LogP contribution in [0.4, 0.5) is 0 Å². The standard InChI is InChI=1S/C12H12N2O9S/c1-2-6(14-8(16)3-4-9(14)17)10(18)23-12(24(20,21)22)5-7(15)13-11(12)19/h3-4,6H,2,5H2,1H3,(H,13,15,19)(H,20,21,22). The number of rotatable bonds is 5. The molecule has 11 nitrogen and oxygen atoms in total. The third-order valence-electron chi connectivity index (χ3n) is 3.49. The van der Waals surface area contributed by atoms with Gasteiger partial charge < -0.3 is 4.74 Å². The monoisotopic (exact) mass is 360 g/mol. The summed E-state index contributed by atoms with van der Waals surface area (Å²) in [4.78, 5) is 55.9. The minimum Gasteiger partial charge on any atom is -0.428 e. The molecule has 0 spiro atoms. The summed E-state index contributed by atoms with van der Waals surface area (Å²) in [7, 11) is -5.31. The molecule has 12 heteroatoms. The largest absolute Gasteiger partial charge is 0.428 e. The average molecular weight is 360 g/mol. The Balaban J connectivity index is 2.35. The summed E-state index contributed by atoms with van der Waals surface area (Å²) in [6.07, 6.45) is 0.535. The lowest BCUT2D eigenvalue weighted by molar-refractivity contribution is -0.167. The molecule has 2 N–H and O–H groups in total. The number of nitrogens with zero attached hydrogens (tertiary/aromatic N) is 1. The first-order valence-electron chi connectivity index (χ1n) is 6.63. The molecule has 2 aliphatic heterocycles. The van der Waals surface area contributed by atoms with Crippen molar-refractivity contribution >= 4 is 39.7 Å². The van der Waals surface area contributed by atoms with Gasteiger partial charge in [-0.2, -0.15) is 8.42 Å². The molecule has 0 bridgehead atoms. The van der Waals surface area contributed by atoms with Crippen molar-refractivity contribution in [1.29, 1.82) is 0 Å². The van der Waals surface area contributed by atoms with E-state index in [0.29, 0.717) is 4.90 Å². The number of carbonyl (C=O) groups excluding carboxylic acids is 5. The van der Waals surface area contributed by atoms with Gasteiger partial charge in [-0.25, -0.2) is 4.79 Å². The maximum atomic E-state index is 12.2. The molecule has 2 rings (SSSR count). The Morgan fingerprint density at radius 3 is 2.25 bits per heavy atom. The van der Waals surface area contributed by atoms with Crippen LogP contribution >= 0.6 is 0 Å². The molecule has 130 valence electrons. The van der Waals surface area contributed by atoms with Crippen molar-refractivity contribution in [3.63, 3.8) is 0 Å². The minimum atomic E-state index is -5.31. The van der Waals surface area contributed by atoms with Gasteiger partial charge in [-0.1, -0.05) is 6.92 Å². The van der Waals surface area contributed by atoms with Crippen LogP contribution in [-0.4, -0.2) is 58.4 Å². The molecule has 24 heavy (non-hydrogen) atoms. The third-order valence-corrected chi connectivity index (χ3v) is 4.73. The highest BCUT2D eigenvalue weighted by molar-refractivity contribution is 7.88. The summed E-state index contributed by atoms with van der Waals surface area (Å²) in [5.74, 6) is -5.68. The Morgan fingerprint density at radius 2 is 1.88 bits per heavy atom. The van der Waals surface area contributed by atoms with E-state index in [9.17, 15) is 36.9 Å². The lowest BCUT2D eigenvalue weighted by Gasteiger charge is -2.28. The van der Waals surface area contributed by atoms with E-state index >= 15 is 0 Å². The zero-order valence-electron chi connectivity index (χ0n) is 12.2. The number of imide groups is 2. The maximum absolute atomic E-state index is 12.2. The van der Waals surface area contributed by atoms with Gasteiger partial charge in [0.05, 0.1) is 6.42 Å². The summed E-state index contributed by atoms with van der Waals surface area (Å²) in [6, 6.07) is -1.53. The first kappa shape index (κ1) is 17.7. The van der Waals surface area contributed by atoms with E-state index in [-0.39, 0.29) is 6.42 Å². The fourth-order valence-corrected chi connectivity index (χ4v) is 3.09. The summed E-state index contributed by atoms with van der Waals surface area (Å²) < 4.78 is 36.9. The Morgan fingerprint density at radius 1 is 1.33 bits per heavy atom. The lowest BCUT2D eigenvalue weighted by Crippen LogP contribution is -2.53. The molecule has 4 amide bonds. The van der Waals surface area contributed by atoms with Gasteiger partial charge in [0, 0.05) is 12.2 Å². The predicted molar refractivity (Wildman–Crippen MR) is 73.2 cm³/mol. The summed E-state index contributed by atoms with van der Waals surface area (Å²) in [5, 5.41) is 1.61. The van der Waals surface area contributed by atoms with Crippen molar-refractivity contribution in [2.45, 2.75) is 30.7 Å². The highest BCUT2D eigenvalue weighted by atomic mass is 32.2. The van der Waals surface area contributed by atoms with Gasteiger partial charge in [0.1, 0.15) is 6.04 Å². The highest BCUT2D eigenvalue weighted by Gasteiger charge is 2.61. The molecule has 2 heterocycles. The molecule has 0 aromatic rings. The van der Waals surface area contributed by atoms with Crippen LogP contribution in [0.1, 0.15) is 19.8 Å². The van der Waals surface area contributed by atoms with Crippen molar-refractivity contribution in [1.82, 2.24) is 10.2 Å². The summed E-state index contributed by atoms with van der Waals surface area (Å²) >= 11 is 0. The van der Waals surface area contributed by atoms with E-state index in [1.54, 1.807) is 5.32 Å². The second kappa shape index (κ2) is 5.79. The fourth-order valence-electron chi connectivity index (χ4n) is 2.31. The van der Waals surface area contributed by atoms with Crippen LogP contribution in [0.3, 0.4) is 0 Å².